The second kappa shape index (κ2) is 9.38. The van der Waals surface area contributed by atoms with Crippen LogP contribution in [0.1, 0.15) is 86.7 Å². The van der Waals surface area contributed by atoms with Crippen molar-refractivity contribution >= 4 is 10.0 Å². The van der Waals surface area contributed by atoms with Crippen LogP contribution in [0.3, 0.4) is 0 Å². The Hall–Kier alpha value is -1.77. The van der Waals surface area contributed by atoms with Crippen LogP contribution < -0.4 is 0 Å². The van der Waals surface area contributed by atoms with Crippen LogP contribution in [0.2, 0.25) is 0 Å². The van der Waals surface area contributed by atoms with Crippen molar-refractivity contribution in [1.82, 2.24) is 19.4 Å². The molecule has 2 aromatic rings. The van der Waals surface area contributed by atoms with Gasteiger partial charge in [0, 0.05) is 19.0 Å². The highest BCUT2D eigenvalue weighted by molar-refractivity contribution is 7.88. The molecule has 8 heteroatoms. The Kier molecular flexibility index (Phi) is 6.79. The van der Waals surface area contributed by atoms with Gasteiger partial charge in [-0.05, 0) is 55.8 Å². The molecule has 0 radical (unpaired) electrons. The second-order valence-electron chi connectivity index (χ2n) is 9.31. The largest absolute Gasteiger partial charge is 0.423 e. The molecule has 0 saturated carbocycles. The van der Waals surface area contributed by atoms with Crippen molar-refractivity contribution in [1.29, 1.82) is 0 Å². The molecule has 0 amide bonds. The lowest BCUT2D eigenvalue weighted by Crippen LogP contribution is -2.37. The van der Waals surface area contributed by atoms with Gasteiger partial charge < -0.3 is 4.42 Å². The van der Waals surface area contributed by atoms with Crippen molar-refractivity contribution in [2.75, 3.05) is 25.9 Å². The van der Waals surface area contributed by atoms with Crippen molar-refractivity contribution in [3.63, 3.8) is 0 Å². The van der Waals surface area contributed by atoms with E-state index < -0.39 is 10.0 Å². The van der Waals surface area contributed by atoms with Gasteiger partial charge in [-0.1, -0.05) is 44.5 Å². The molecule has 4 rings (SSSR count). The van der Waals surface area contributed by atoms with Crippen LogP contribution in [0, 0.1) is 0 Å². The Bertz CT molecular complexity index is 963. The van der Waals surface area contributed by atoms with Gasteiger partial charge in [-0.2, -0.15) is 4.31 Å². The lowest BCUT2D eigenvalue weighted by Gasteiger charge is -2.31. The summed E-state index contributed by atoms with van der Waals surface area (Å²) in [4.78, 5) is 2.48. The molecule has 7 nitrogen and oxygen atoms in total. The van der Waals surface area contributed by atoms with Gasteiger partial charge in [0.25, 0.3) is 0 Å². The molecule has 3 heterocycles. The van der Waals surface area contributed by atoms with E-state index in [1.165, 1.54) is 21.7 Å². The molecule has 170 valence electrons. The maximum absolute atomic E-state index is 12.1. The molecule has 31 heavy (non-hydrogen) atoms. The van der Waals surface area contributed by atoms with E-state index in [1.807, 2.05) is 0 Å². The maximum atomic E-state index is 12.1. The van der Waals surface area contributed by atoms with Crippen molar-refractivity contribution in [2.24, 2.45) is 0 Å². The fourth-order valence-corrected chi connectivity index (χ4v) is 5.82. The molecule has 1 atom stereocenters. The van der Waals surface area contributed by atoms with Crippen molar-refractivity contribution in [3.8, 4) is 0 Å². The fourth-order valence-electron chi connectivity index (χ4n) is 4.70. The average molecular weight is 447 g/mol. The highest BCUT2D eigenvalue weighted by atomic mass is 32.2. The molecular formula is C23H34N4O3S. The number of hydrogen-bond acceptors (Lipinski definition) is 6. The van der Waals surface area contributed by atoms with Gasteiger partial charge in [-0.15, -0.1) is 10.2 Å². The molecule has 1 aromatic carbocycles. The number of hydrogen-bond donors (Lipinski definition) is 0. The predicted molar refractivity (Wildman–Crippen MR) is 120 cm³/mol. The van der Waals surface area contributed by atoms with Gasteiger partial charge in [0.15, 0.2) is 0 Å². The monoisotopic (exact) mass is 446 g/mol. The number of piperidine rings is 2. The molecule has 2 saturated heterocycles. The number of rotatable bonds is 6. The summed E-state index contributed by atoms with van der Waals surface area (Å²) in [6.45, 7) is 7.91. The minimum Gasteiger partial charge on any atom is -0.423 e. The summed E-state index contributed by atoms with van der Waals surface area (Å²) in [6, 6.07) is 8.63. The first kappa shape index (κ1) is 22.4. The minimum atomic E-state index is -3.28. The van der Waals surface area contributed by atoms with E-state index >= 15 is 0 Å². The molecule has 2 aliphatic rings. The summed E-state index contributed by atoms with van der Waals surface area (Å²) >= 11 is 0. The van der Waals surface area contributed by atoms with Crippen LogP contribution >= 0.6 is 0 Å². The molecule has 2 fully saturated rings. The zero-order chi connectivity index (χ0) is 22.0. The van der Waals surface area contributed by atoms with Crippen LogP contribution in [0.25, 0.3) is 0 Å². The summed E-state index contributed by atoms with van der Waals surface area (Å²) in [7, 11) is -3.28. The number of aromatic nitrogens is 2. The average Bonchev–Trinajstić information content (AvgIpc) is 3.24. The predicted octanol–water partition coefficient (Wildman–Crippen LogP) is 4.06. The molecule has 0 spiro atoms. The van der Waals surface area contributed by atoms with Gasteiger partial charge >= 0.3 is 0 Å². The Morgan fingerprint density at radius 1 is 1.00 bits per heavy atom. The van der Waals surface area contributed by atoms with Crippen LogP contribution in [0.5, 0.6) is 0 Å². The van der Waals surface area contributed by atoms with E-state index in [2.05, 4.69) is 53.2 Å². The third-order valence-electron chi connectivity index (χ3n) is 6.61. The smallest absolute Gasteiger partial charge is 0.234 e. The van der Waals surface area contributed by atoms with Crippen molar-refractivity contribution in [3.05, 3.63) is 47.2 Å². The topological polar surface area (TPSA) is 79.5 Å². The molecule has 0 bridgehead atoms. The SMILES string of the molecule is CC(C)c1ccc(CN2CCC(c3nnc([C@H]4CCCCN4S(C)(=O)=O)o3)CC2)cc1. The minimum absolute atomic E-state index is 0.246. The second-order valence-corrected chi connectivity index (χ2v) is 11.2. The Morgan fingerprint density at radius 3 is 2.32 bits per heavy atom. The molecular weight excluding hydrogens is 412 g/mol. The van der Waals surface area contributed by atoms with Gasteiger partial charge in [-0.3, -0.25) is 4.90 Å². The lowest BCUT2D eigenvalue weighted by atomic mass is 9.96. The zero-order valence-corrected chi connectivity index (χ0v) is 19.6. The molecule has 0 N–H and O–H groups in total. The third kappa shape index (κ3) is 5.35. The van der Waals surface area contributed by atoms with Crippen LogP contribution in [0.4, 0.5) is 0 Å². The summed E-state index contributed by atoms with van der Waals surface area (Å²) in [5.74, 6) is 1.92. The third-order valence-corrected chi connectivity index (χ3v) is 7.90. The normalized spacial score (nSPS) is 22.3. The molecule has 0 aliphatic carbocycles. The Balaban J connectivity index is 1.35. The van der Waals surface area contributed by atoms with Crippen molar-refractivity contribution in [2.45, 2.75) is 70.4 Å². The summed E-state index contributed by atoms with van der Waals surface area (Å²) < 4.78 is 31.8. The highest BCUT2D eigenvalue weighted by Crippen LogP contribution is 2.34. The first-order valence-electron chi connectivity index (χ1n) is 11.4. The number of sulfonamides is 1. The van der Waals surface area contributed by atoms with Gasteiger partial charge in [0.05, 0.1) is 6.26 Å². The van der Waals surface area contributed by atoms with Crippen LogP contribution in [-0.2, 0) is 16.6 Å². The van der Waals surface area contributed by atoms with Crippen LogP contribution in [-0.4, -0.2) is 53.7 Å². The number of nitrogens with zero attached hydrogens (tertiary/aromatic N) is 4. The number of likely N-dealkylation sites (tertiary alicyclic amines) is 1. The van der Waals surface area contributed by atoms with Gasteiger partial charge in [0.2, 0.25) is 21.8 Å². The quantitative estimate of drug-likeness (QED) is 0.666. The molecule has 2 aliphatic heterocycles. The zero-order valence-electron chi connectivity index (χ0n) is 18.8. The first-order valence-corrected chi connectivity index (χ1v) is 13.3. The van der Waals surface area contributed by atoms with E-state index in [-0.39, 0.29) is 12.0 Å². The standard InChI is InChI=1S/C23H34N4O3S/c1-17(2)19-9-7-18(8-10-19)16-26-14-11-20(12-15-26)22-24-25-23(30-22)21-6-4-5-13-27(21)31(3,28)29/h7-10,17,20-21H,4-6,11-16H2,1-3H3/t21-/m1/s1. The fraction of sp³-hybridized carbons (Fsp3) is 0.652. The van der Waals surface area contributed by atoms with E-state index in [4.69, 9.17) is 4.42 Å². The first-order chi connectivity index (χ1) is 14.8. The van der Waals surface area contributed by atoms with E-state index in [1.54, 1.807) is 0 Å². The highest BCUT2D eigenvalue weighted by Gasteiger charge is 2.35. The molecule has 1 aromatic heterocycles. The lowest BCUT2D eigenvalue weighted by molar-refractivity contribution is 0.184. The van der Waals surface area contributed by atoms with Gasteiger partial charge in [-0.25, -0.2) is 8.42 Å². The van der Waals surface area contributed by atoms with Crippen LogP contribution in [0.15, 0.2) is 28.7 Å². The maximum Gasteiger partial charge on any atom is 0.234 e. The molecule has 0 unspecified atom stereocenters. The summed E-state index contributed by atoms with van der Waals surface area (Å²) in [6.07, 6.45) is 5.81. The van der Waals surface area contributed by atoms with E-state index in [9.17, 15) is 8.42 Å². The van der Waals surface area contributed by atoms with Gasteiger partial charge in [0.1, 0.15) is 6.04 Å². The number of benzene rings is 1. The van der Waals surface area contributed by atoms with Crippen molar-refractivity contribution < 1.29 is 12.8 Å². The van der Waals surface area contributed by atoms with E-state index in [0.29, 0.717) is 24.2 Å². The Labute approximate surface area is 185 Å². The summed E-state index contributed by atoms with van der Waals surface area (Å²) in [5.41, 5.74) is 2.73. The van der Waals surface area contributed by atoms with E-state index in [0.717, 1.165) is 51.7 Å². The Morgan fingerprint density at radius 2 is 1.68 bits per heavy atom. The summed E-state index contributed by atoms with van der Waals surface area (Å²) in [5, 5.41) is 8.56.